The third-order valence-corrected chi connectivity index (χ3v) is 3.99. The maximum absolute atomic E-state index is 10.5. The van der Waals surface area contributed by atoms with Crippen LogP contribution >= 0.6 is 0 Å². The standard InChI is InChI=1S/C9H13N3.C6H12N2O2/c1-2-7-12(8-3-1)9-10-5-4-6-11-9;1-8-3-2-7-4-5(8)6(9)10/h4-6H,1-3,7-8H2;5,7H,2-4H2,1H3,(H,9,10). The number of nitrogens with zero attached hydrogens (tertiary/aromatic N) is 4. The molecule has 0 bridgehead atoms. The Morgan fingerprint density at radius 1 is 1.23 bits per heavy atom. The summed E-state index contributed by atoms with van der Waals surface area (Å²) in [6.07, 6.45) is 7.51. The normalized spacial score (nSPS) is 22.6. The van der Waals surface area contributed by atoms with Gasteiger partial charge in [-0.25, -0.2) is 9.97 Å². The van der Waals surface area contributed by atoms with Crippen molar-refractivity contribution in [3.05, 3.63) is 18.5 Å². The molecule has 0 spiro atoms. The highest BCUT2D eigenvalue weighted by atomic mass is 16.4. The summed E-state index contributed by atoms with van der Waals surface area (Å²) in [6, 6.07) is 1.52. The largest absolute Gasteiger partial charge is 0.480 e. The molecule has 2 aliphatic rings. The number of nitrogens with one attached hydrogen (secondary N) is 1. The number of likely N-dealkylation sites (N-methyl/N-ethyl adjacent to an activating group) is 1. The highest BCUT2D eigenvalue weighted by molar-refractivity contribution is 5.73. The SMILES string of the molecule is CN1CCNCC1C(=O)O.c1cnc(N2CCCCC2)nc1. The van der Waals surface area contributed by atoms with Crippen LogP contribution < -0.4 is 10.2 Å². The van der Waals surface area contributed by atoms with E-state index in [9.17, 15) is 4.79 Å². The van der Waals surface area contributed by atoms with Gasteiger partial charge in [0.05, 0.1) is 0 Å². The zero-order chi connectivity index (χ0) is 15.8. The Balaban J connectivity index is 0.000000164. The predicted octanol–water partition coefficient (Wildman–Crippen LogP) is 0.442. The van der Waals surface area contributed by atoms with Gasteiger partial charge in [-0.15, -0.1) is 0 Å². The number of piperazine rings is 1. The highest BCUT2D eigenvalue weighted by Crippen LogP contribution is 2.13. The number of hydrogen-bond donors (Lipinski definition) is 2. The van der Waals surface area contributed by atoms with E-state index in [2.05, 4.69) is 20.2 Å². The van der Waals surface area contributed by atoms with E-state index in [1.165, 1.54) is 19.3 Å². The number of carboxylic acids is 1. The van der Waals surface area contributed by atoms with Crippen molar-refractivity contribution in [2.24, 2.45) is 0 Å². The summed E-state index contributed by atoms with van der Waals surface area (Å²) in [5.74, 6) is 0.145. The fraction of sp³-hybridized carbons (Fsp3) is 0.667. The first-order valence-corrected chi connectivity index (χ1v) is 7.84. The van der Waals surface area contributed by atoms with Gasteiger partial charge >= 0.3 is 5.97 Å². The van der Waals surface area contributed by atoms with Gasteiger partial charge in [0, 0.05) is 45.1 Å². The maximum atomic E-state index is 10.5. The van der Waals surface area contributed by atoms with Crippen molar-refractivity contribution in [3.63, 3.8) is 0 Å². The summed E-state index contributed by atoms with van der Waals surface area (Å²) in [6.45, 7) is 4.50. The number of aliphatic carboxylic acids is 1. The van der Waals surface area contributed by atoms with Crippen LogP contribution in [-0.4, -0.2) is 71.8 Å². The van der Waals surface area contributed by atoms with Crippen molar-refractivity contribution in [1.82, 2.24) is 20.2 Å². The molecule has 1 unspecified atom stereocenters. The minimum absolute atomic E-state index is 0.339. The second-order valence-corrected chi connectivity index (χ2v) is 5.64. The number of aromatic nitrogens is 2. The minimum Gasteiger partial charge on any atom is -0.480 e. The zero-order valence-electron chi connectivity index (χ0n) is 13.1. The minimum atomic E-state index is -0.741. The number of piperidine rings is 1. The third kappa shape index (κ3) is 4.92. The first-order chi connectivity index (χ1) is 10.7. The topological polar surface area (TPSA) is 81.6 Å². The summed E-state index contributed by atoms with van der Waals surface area (Å²) in [5, 5.41) is 11.7. The number of carbonyl (C=O) groups is 1. The van der Waals surface area contributed by atoms with Crippen LogP contribution in [0.5, 0.6) is 0 Å². The summed E-state index contributed by atoms with van der Waals surface area (Å²) in [4.78, 5) is 23.0. The molecule has 1 aromatic rings. The van der Waals surface area contributed by atoms with Crippen molar-refractivity contribution < 1.29 is 9.90 Å². The van der Waals surface area contributed by atoms with Crippen LogP contribution in [0.15, 0.2) is 18.5 Å². The van der Waals surface area contributed by atoms with E-state index in [-0.39, 0.29) is 6.04 Å². The van der Waals surface area contributed by atoms with Crippen LogP contribution in [0.4, 0.5) is 5.95 Å². The molecule has 7 heteroatoms. The molecule has 2 fully saturated rings. The van der Waals surface area contributed by atoms with Gasteiger partial charge < -0.3 is 15.3 Å². The van der Waals surface area contributed by atoms with Crippen molar-refractivity contribution in [2.75, 3.05) is 44.7 Å². The second-order valence-electron chi connectivity index (χ2n) is 5.64. The van der Waals surface area contributed by atoms with Gasteiger partial charge in [-0.3, -0.25) is 9.69 Å². The fourth-order valence-corrected chi connectivity index (χ4v) is 2.63. The van der Waals surface area contributed by atoms with E-state index in [1.54, 1.807) is 12.4 Å². The van der Waals surface area contributed by atoms with Gasteiger partial charge in [0.15, 0.2) is 0 Å². The molecule has 7 nitrogen and oxygen atoms in total. The number of carboxylic acid groups (broad SMARTS) is 1. The molecule has 1 aromatic heterocycles. The Hall–Kier alpha value is -1.73. The molecule has 2 saturated heterocycles. The lowest BCUT2D eigenvalue weighted by atomic mass is 10.1. The molecule has 2 N–H and O–H groups in total. The molecule has 0 amide bonds. The summed E-state index contributed by atoms with van der Waals surface area (Å²) >= 11 is 0. The Bertz CT molecular complexity index is 451. The number of anilines is 1. The van der Waals surface area contributed by atoms with Gasteiger partial charge in [0.25, 0.3) is 0 Å². The van der Waals surface area contributed by atoms with Crippen LogP contribution in [0, 0.1) is 0 Å². The molecule has 0 aliphatic carbocycles. The van der Waals surface area contributed by atoms with E-state index in [1.807, 2.05) is 18.0 Å². The highest BCUT2D eigenvalue weighted by Gasteiger charge is 2.24. The molecule has 3 rings (SSSR count). The Kier molecular flexibility index (Phi) is 6.54. The van der Waals surface area contributed by atoms with Crippen LogP contribution in [0.3, 0.4) is 0 Å². The fourth-order valence-electron chi connectivity index (χ4n) is 2.63. The Morgan fingerprint density at radius 3 is 2.45 bits per heavy atom. The van der Waals surface area contributed by atoms with Crippen LogP contribution in [-0.2, 0) is 4.79 Å². The zero-order valence-corrected chi connectivity index (χ0v) is 13.1. The lowest BCUT2D eigenvalue weighted by molar-refractivity contribution is -0.143. The van der Waals surface area contributed by atoms with Crippen molar-refractivity contribution in [2.45, 2.75) is 25.3 Å². The number of rotatable bonds is 2. The van der Waals surface area contributed by atoms with E-state index in [0.29, 0.717) is 6.54 Å². The van der Waals surface area contributed by atoms with E-state index in [0.717, 1.165) is 32.1 Å². The summed E-state index contributed by atoms with van der Waals surface area (Å²) < 4.78 is 0. The monoisotopic (exact) mass is 307 g/mol. The maximum Gasteiger partial charge on any atom is 0.322 e. The van der Waals surface area contributed by atoms with Gasteiger partial charge in [0.2, 0.25) is 5.95 Å². The van der Waals surface area contributed by atoms with E-state index < -0.39 is 5.97 Å². The molecule has 0 aromatic carbocycles. The summed E-state index contributed by atoms with van der Waals surface area (Å²) in [7, 11) is 1.83. The molecule has 3 heterocycles. The summed E-state index contributed by atoms with van der Waals surface area (Å²) in [5.41, 5.74) is 0. The second kappa shape index (κ2) is 8.65. The van der Waals surface area contributed by atoms with Gasteiger partial charge in [-0.1, -0.05) is 0 Å². The van der Waals surface area contributed by atoms with E-state index in [4.69, 9.17) is 5.11 Å². The Morgan fingerprint density at radius 2 is 1.91 bits per heavy atom. The van der Waals surface area contributed by atoms with Crippen LogP contribution in [0.25, 0.3) is 0 Å². The Labute approximate surface area is 131 Å². The third-order valence-electron chi connectivity index (χ3n) is 3.99. The smallest absolute Gasteiger partial charge is 0.322 e. The molecular formula is C15H25N5O2. The lowest BCUT2D eigenvalue weighted by Gasteiger charge is -2.29. The van der Waals surface area contributed by atoms with E-state index >= 15 is 0 Å². The van der Waals surface area contributed by atoms with Crippen molar-refractivity contribution in [1.29, 1.82) is 0 Å². The molecule has 2 aliphatic heterocycles. The average molecular weight is 307 g/mol. The first-order valence-electron chi connectivity index (χ1n) is 7.84. The quantitative estimate of drug-likeness (QED) is 0.820. The lowest BCUT2D eigenvalue weighted by Crippen LogP contribution is -2.52. The average Bonchev–Trinajstić information content (AvgIpc) is 2.57. The van der Waals surface area contributed by atoms with Gasteiger partial charge in [-0.05, 0) is 32.4 Å². The van der Waals surface area contributed by atoms with Gasteiger partial charge in [0.1, 0.15) is 6.04 Å². The van der Waals surface area contributed by atoms with Gasteiger partial charge in [-0.2, -0.15) is 0 Å². The first kappa shape index (κ1) is 16.6. The molecule has 0 saturated carbocycles. The van der Waals surface area contributed by atoms with Crippen LogP contribution in [0.1, 0.15) is 19.3 Å². The van der Waals surface area contributed by atoms with Crippen molar-refractivity contribution in [3.8, 4) is 0 Å². The molecule has 22 heavy (non-hydrogen) atoms. The predicted molar refractivity (Wildman–Crippen MR) is 85.0 cm³/mol. The van der Waals surface area contributed by atoms with Crippen molar-refractivity contribution >= 4 is 11.9 Å². The molecule has 122 valence electrons. The van der Waals surface area contributed by atoms with Crippen LogP contribution in [0.2, 0.25) is 0 Å². The molecular weight excluding hydrogens is 282 g/mol. The number of hydrogen-bond acceptors (Lipinski definition) is 6. The molecule has 1 atom stereocenters. The molecule has 0 radical (unpaired) electrons.